The van der Waals surface area contributed by atoms with Gasteiger partial charge in [-0.05, 0) is 73.0 Å². The van der Waals surface area contributed by atoms with E-state index < -0.39 is 0 Å². The molecule has 8 atom stereocenters. The summed E-state index contributed by atoms with van der Waals surface area (Å²) in [7, 11) is 0. The molecule has 128 valence electrons. The number of hydrogen-bond acceptors (Lipinski definition) is 0. The van der Waals surface area contributed by atoms with E-state index >= 15 is 0 Å². The van der Waals surface area contributed by atoms with Crippen LogP contribution in [0.25, 0.3) is 0 Å². The maximum Gasteiger partial charge on any atom is -0.0133 e. The van der Waals surface area contributed by atoms with E-state index in [1.54, 1.807) is 0 Å². The minimum absolute atomic E-state index is 0.550. The minimum Gasteiger partial charge on any atom is -0.103 e. The predicted octanol–water partition coefficient (Wildman–Crippen LogP) is 6.37. The van der Waals surface area contributed by atoms with E-state index in [4.69, 9.17) is 0 Å². The van der Waals surface area contributed by atoms with Crippen molar-refractivity contribution in [1.82, 2.24) is 0 Å². The number of allylic oxidation sites excluding steroid dienone is 8. The monoisotopic (exact) mass is 320 g/mol. The van der Waals surface area contributed by atoms with Crippen molar-refractivity contribution >= 4 is 0 Å². The Morgan fingerprint density at radius 2 is 1.54 bits per heavy atom. The first-order chi connectivity index (χ1) is 11.7. The van der Waals surface area contributed by atoms with Crippen LogP contribution in [0.3, 0.4) is 0 Å². The third-order valence-corrected chi connectivity index (χ3v) is 6.85. The summed E-state index contributed by atoms with van der Waals surface area (Å²) in [6.45, 7) is 16.2. The Labute approximate surface area is 148 Å². The van der Waals surface area contributed by atoms with Gasteiger partial charge in [0.05, 0.1) is 0 Å². The van der Waals surface area contributed by atoms with Gasteiger partial charge in [-0.1, -0.05) is 48.6 Å². The van der Waals surface area contributed by atoms with Crippen molar-refractivity contribution in [2.45, 2.75) is 25.7 Å². The highest BCUT2D eigenvalue weighted by Crippen LogP contribution is 2.50. The molecule has 0 bridgehead atoms. The molecule has 0 nitrogen and oxygen atoms in total. The van der Waals surface area contributed by atoms with Crippen LogP contribution < -0.4 is 0 Å². The Balaban J connectivity index is 1.72. The van der Waals surface area contributed by atoms with Crippen molar-refractivity contribution in [3.05, 3.63) is 74.9 Å². The van der Waals surface area contributed by atoms with Crippen LogP contribution in [0.1, 0.15) is 25.7 Å². The Morgan fingerprint density at radius 3 is 2.21 bits per heavy atom. The van der Waals surface area contributed by atoms with Gasteiger partial charge in [-0.25, -0.2) is 0 Å². The van der Waals surface area contributed by atoms with E-state index in [0.29, 0.717) is 35.5 Å². The van der Waals surface area contributed by atoms with Gasteiger partial charge in [0.25, 0.3) is 0 Å². The van der Waals surface area contributed by atoms with Crippen molar-refractivity contribution in [2.75, 3.05) is 0 Å². The molecule has 0 aromatic heterocycles. The zero-order chi connectivity index (χ0) is 17.1. The molecule has 0 spiro atoms. The molecule has 3 aliphatic carbocycles. The molecule has 0 aromatic carbocycles. The molecular weight excluding hydrogens is 288 g/mol. The summed E-state index contributed by atoms with van der Waals surface area (Å²) in [5.41, 5.74) is 0. The molecule has 2 unspecified atom stereocenters. The van der Waals surface area contributed by atoms with E-state index in [1.807, 2.05) is 0 Å². The highest BCUT2D eigenvalue weighted by Gasteiger charge is 2.42. The fourth-order valence-electron chi connectivity index (χ4n) is 5.62. The van der Waals surface area contributed by atoms with E-state index in [2.05, 4.69) is 74.9 Å². The molecule has 0 heteroatoms. The second-order valence-corrected chi connectivity index (χ2v) is 7.89. The third kappa shape index (κ3) is 3.04. The summed E-state index contributed by atoms with van der Waals surface area (Å²) in [6, 6.07) is 0. The summed E-state index contributed by atoms with van der Waals surface area (Å²) < 4.78 is 0. The zero-order valence-electron chi connectivity index (χ0n) is 14.9. The van der Waals surface area contributed by atoms with E-state index in [9.17, 15) is 0 Å². The first-order valence-corrected chi connectivity index (χ1v) is 9.57. The number of fused-ring (bicyclic) bond motifs is 1. The van der Waals surface area contributed by atoms with Crippen LogP contribution in [0.15, 0.2) is 74.9 Å². The van der Waals surface area contributed by atoms with Crippen LogP contribution in [0, 0.1) is 47.3 Å². The molecule has 0 amide bonds. The van der Waals surface area contributed by atoms with Gasteiger partial charge in [0.2, 0.25) is 0 Å². The van der Waals surface area contributed by atoms with Gasteiger partial charge >= 0.3 is 0 Å². The standard InChI is InChI=1S/C24H32/c1-5-10-22-17(6-2)15-19(21(22)8-4)13-14-20-16-18(7-3)23-11-9-12-24(20)23/h5-9,12-14,17-24H,1-4,10-11,15-16H2/b14-13+/t17-,18-,19+,20+,21+,22-,23?,24?/m0/s1. The smallest absolute Gasteiger partial charge is 0.0133 e. The molecule has 2 fully saturated rings. The summed E-state index contributed by atoms with van der Waals surface area (Å²) in [6.07, 6.45) is 23.2. The Hall–Kier alpha value is -1.56. The van der Waals surface area contributed by atoms with E-state index in [-0.39, 0.29) is 0 Å². The minimum atomic E-state index is 0.550. The van der Waals surface area contributed by atoms with Gasteiger partial charge in [0, 0.05) is 0 Å². The maximum absolute atomic E-state index is 4.13. The van der Waals surface area contributed by atoms with Crippen LogP contribution in [0.5, 0.6) is 0 Å². The van der Waals surface area contributed by atoms with Gasteiger partial charge in [0.15, 0.2) is 0 Å². The van der Waals surface area contributed by atoms with Crippen molar-refractivity contribution in [1.29, 1.82) is 0 Å². The Morgan fingerprint density at radius 1 is 0.833 bits per heavy atom. The molecule has 3 rings (SSSR count). The topological polar surface area (TPSA) is 0 Å². The molecule has 24 heavy (non-hydrogen) atoms. The van der Waals surface area contributed by atoms with Gasteiger partial charge in [-0.15, -0.1) is 26.3 Å². The molecule has 0 saturated heterocycles. The third-order valence-electron chi connectivity index (χ3n) is 6.85. The average molecular weight is 321 g/mol. The van der Waals surface area contributed by atoms with Crippen molar-refractivity contribution in [3.8, 4) is 0 Å². The fraction of sp³-hybridized carbons (Fsp3) is 0.500. The van der Waals surface area contributed by atoms with E-state index in [1.165, 1.54) is 19.3 Å². The lowest BCUT2D eigenvalue weighted by atomic mass is 9.84. The van der Waals surface area contributed by atoms with Crippen LogP contribution in [0.4, 0.5) is 0 Å². The molecule has 3 aliphatic rings. The summed E-state index contributed by atoms with van der Waals surface area (Å²) >= 11 is 0. The zero-order valence-corrected chi connectivity index (χ0v) is 14.9. The summed E-state index contributed by atoms with van der Waals surface area (Å²) in [5.74, 6) is 5.25. The van der Waals surface area contributed by atoms with Gasteiger partial charge in [-0.2, -0.15) is 0 Å². The highest BCUT2D eigenvalue weighted by molar-refractivity contribution is 5.18. The summed E-state index contributed by atoms with van der Waals surface area (Å²) in [5, 5.41) is 0. The fourth-order valence-corrected chi connectivity index (χ4v) is 5.62. The largest absolute Gasteiger partial charge is 0.103 e. The van der Waals surface area contributed by atoms with E-state index in [0.717, 1.165) is 18.3 Å². The molecular formula is C24H32. The van der Waals surface area contributed by atoms with Crippen LogP contribution >= 0.6 is 0 Å². The van der Waals surface area contributed by atoms with Gasteiger partial charge in [0.1, 0.15) is 0 Å². The average Bonchev–Trinajstić information content (AvgIpc) is 3.27. The maximum atomic E-state index is 4.13. The first kappa shape index (κ1) is 17.3. The normalized spacial score (nSPS) is 43.8. The van der Waals surface area contributed by atoms with Crippen molar-refractivity contribution in [3.63, 3.8) is 0 Å². The van der Waals surface area contributed by atoms with Crippen molar-refractivity contribution in [2.24, 2.45) is 47.3 Å². The van der Waals surface area contributed by atoms with Gasteiger partial charge < -0.3 is 0 Å². The first-order valence-electron chi connectivity index (χ1n) is 9.57. The highest BCUT2D eigenvalue weighted by atomic mass is 14.5. The Bertz CT molecular complexity index is 548. The Kier molecular flexibility index (Phi) is 5.43. The second-order valence-electron chi connectivity index (χ2n) is 7.89. The number of rotatable bonds is 7. The summed E-state index contributed by atoms with van der Waals surface area (Å²) in [4.78, 5) is 0. The van der Waals surface area contributed by atoms with Gasteiger partial charge in [-0.3, -0.25) is 0 Å². The second kappa shape index (κ2) is 7.55. The lowest BCUT2D eigenvalue weighted by Gasteiger charge is -2.21. The quantitative estimate of drug-likeness (QED) is 0.478. The van der Waals surface area contributed by atoms with Crippen LogP contribution in [0.2, 0.25) is 0 Å². The SMILES string of the molecule is C=CC[C@@H]1[C@H](C=C)[C@H](/C=C/[C@@H]2C[C@H](C=C)C3CC=CC32)C[C@@H]1C=C. The number of hydrogen-bond donors (Lipinski definition) is 0. The molecule has 2 saturated carbocycles. The lowest BCUT2D eigenvalue weighted by Crippen LogP contribution is -2.14. The van der Waals surface area contributed by atoms with Crippen LogP contribution in [-0.2, 0) is 0 Å². The molecule has 0 radical (unpaired) electrons. The predicted molar refractivity (Wildman–Crippen MR) is 105 cm³/mol. The molecule has 0 aromatic rings. The molecule has 0 heterocycles. The molecule has 0 N–H and O–H groups in total. The molecule has 0 aliphatic heterocycles. The lowest BCUT2D eigenvalue weighted by molar-refractivity contribution is 0.387. The van der Waals surface area contributed by atoms with Crippen LogP contribution in [-0.4, -0.2) is 0 Å². The van der Waals surface area contributed by atoms with Crippen molar-refractivity contribution < 1.29 is 0 Å².